The number of nitrogens with one attached hydrogen (secondary N) is 1. The second-order valence-corrected chi connectivity index (χ2v) is 4.93. The summed E-state index contributed by atoms with van der Waals surface area (Å²) >= 11 is 0. The molecular formula is C13H24N2O4. The SMILES string of the molecule is CCN(CC(C)C(=O)O)C(=O)COC1CCNCC1. The Balaban J connectivity index is 2.34. The van der Waals surface area contributed by atoms with Crippen LogP contribution in [-0.2, 0) is 14.3 Å². The normalized spacial score (nSPS) is 18.0. The molecule has 1 atom stereocenters. The Morgan fingerprint density at radius 2 is 2.05 bits per heavy atom. The number of amides is 1. The molecule has 1 heterocycles. The molecule has 0 spiro atoms. The van der Waals surface area contributed by atoms with Crippen LogP contribution in [0.2, 0.25) is 0 Å². The summed E-state index contributed by atoms with van der Waals surface area (Å²) in [4.78, 5) is 24.3. The van der Waals surface area contributed by atoms with E-state index in [0.29, 0.717) is 6.54 Å². The van der Waals surface area contributed by atoms with Crippen LogP contribution in [-0.4, -0.2) is 60.8 Å². The monoisotopic (exact) mass is 272 g/mol. The van der Waals surface area contributed by atoms with Crippen LogP contribution >= 0.6 is 0 Å². The predicted octanol–water partition coefficient (Wildman–Crippen LogP) is 0.324. The lowest BCUT2D eigenvalue weighted by atomic mass is 10.1. The maximum Gasteiger partial charge on any atom is 0.308 e. The molecule has 0 bridgehead atoms. The second kappa shape index (κ2) is 8.12. The van der Waals surface area contributed by atoms with Crippen LogP contribution in [0.4, 0.5) is 0 Å². The van der Waals surface area contributed by atoms with E-state index >= 15 is 0 Å². The van der Waals surface area contributed by atoms with E-state index in [1.807, 2.05) is 6.92 Å². The number of ether oxygens (including phenoxy) is 1. The van der Waals surface area contributed by atoms with Gasteiger partial charge in [0.25, 0.3) is 0 Å². The summed E-state index contributed by atoms with van der Waals surface area (Å²) in [6.45, 7) is 6.08. The van der Waals surface area contributed by atoms with Gasteiger partial charge in [0.2, 0.25) is 5.91 Å². The van der Waals surface area contributed by atoms with Crippen LogP contribution in [0, 0.1) is 5.92 Å². The molecule has 1 rings (SSSR count). The summed E-state index contributed by atoms with van der Waals surface area (Å²) in [5, 5.41) is 12.1. The maximum absolute atomic E-state index is 12.0. The van der Waals surface area contributed by atoms with E-state index in [4.69, 9.17) is 9.84 Å². The highest BCUT2D eigenvalue weighted by atomic mass is 16.5. The van der Waals surface area contributed by atoms with E-state index in [0.717, 1.165) is 25.9 Å². The largest absolute Gasteiger partial charge is 0.481 e. The number of aliphatic carboxylic acids is 1. The number of hydrogen-bond acceptors (Lipinski definition) is 4. The van der Waals surface area contributed by atoms with E-state index in [9.17, 15) is 9.59 Å². The van der Waals surface area contributed by atoms with E-state index in [-0.39, 0.29) is 25.2 Å². The highest BCUT2D eigenvalue weighted by Crippen LogP contribution is 2.08. The maximum atomic E-state index is 12.0. The molecule has 19 heavy (non-hydrogen) atoms. The summed E-state index contributed by atoms with van der Waals surface area (Å²) in [6.07, 6.45) is 1.98. The lowest BCUT2D eigenvalue weighted by molar-refractivity contribution is -0.144. The lowest BCUT2D eigenvalue weighted by Gasteiger charge is -2.26. The third kappa shape index (κ3) is 5.57. The van der Waals surface area contributed by atoms with E-state index < -0.39 is 11.9 Å². The molecule has 1 aliphatic rings. The summed E-state index contributed by atoms with van der Waals surface area (Å²) in [6, 6.07) is 0. The smallest absolute Gasteiger partial charge is 0.308 e. The minimum atomic E-state index is -0.884. The van der Waals surface area contributed by atoms with Gasteiger partial charge in [-0.1, -0.05) is 6.92 Å². The predicted molar refractivity (Wildman–Crippen MR) is 70.9 cm³/mol. The fraction of sp³-hybridized carbons (Fsp3) is 0.846. The zero-order valence-corrected chi connectivity index (χ0v) is 11.7. The van der Waals surface area contributed by atoms with Gasteiger partial charge in [0.15, 0.2) is 0 Å². The Labute approximate surface area is 114 Å². The van der Waals surface area contributed by atoms with Crippen molar-refractivity contribution in [3.8, 4) is 0 Å². The molecule has 6 heteroatoms. The number of rotatable bonds is 7. The summed E-state index contributed by atoms with van der Waals surface area (Å²) in [5.41, 5.74) is 0. The van der Waals surface area contributed by atoms with E-state index in [1.54, 1.807) is 11.8 Å². The summed E-state index contributed by atoms with van der Waals surface area (Å²) in [5.74, 6) is -1.57. The van der Waals surface area contributed by atoms with Crippen LogP contribution < -0.4 is 5.32 Å². The van der Waals surface area contributed by atoms with Gasteiger partial charge in [-0.25, -0.2) is 0 Å². The molecule has 0 aromatic rings. The Morgan fingerprint density at radius 1 is 1.42 bits per heavy atom. The number of carbonyl (C=O) groups excluding carboxylic acids is 1. The van der Waals surface area contributed by atoms with Crippen molar-refractivity contribution in [2.75, 3.05) is 32.8 Å². The minimum Gasteiger partial charge on any atom is -0.481 e. The van der Waals surface area contributed by atoms with Gasteiger partial charge in [-0.2, -0.15) is 0 Å². The topological polar surface area (TPSA) is 78.9 Å². The van der Waals surface area contributed by atoms with Crippen molar-refractivity contribution in [2.45, 2.75) is 32.8 Å². The molecule has 0 saturated carbocycles. The van der Waals surface area contributed by atoms with E-state index in [1.165, 1.54) is 0 Å². The molecule has 1 fully saturated rings. The second-order valence-electron chi connectivity index (χ2n) is 4.93. The molecule has 1 aliphatic heterocycles. The Bertz CT molecular complexity index is 303. The van der Waals surface area contributed by atoms with Gasteiger partial charge in [0.05, 0.1) is 12.0 Å². The number of nitrogens with zero attached hydrogens (tertiary/aromatic N) is 1. The number of likely N-dealkylation sites (N-methyl/N-ethyl adjacent to an activating group) is 1. The lowest BCUT2D eigenvalue weighted by Crippen LogP contribution is -2.40. The fourth-order valence-corrected chi connectivity index (χ4v) is 2.06. The first kappa shape index (κ1) is 15.9. The molecule has 0 aromatic heterocycles. The standard InChI is InChI=1S/C13H24N2O4/c1-3-15(8-10(2)13(17)18)12(16)9-19-11-4-6-14-7-5-11/h10-11,14H,3-9H2,1-2H3,(H,17,18). The van der Waals surface area contributed by atoms with Crippen LogP contribution in [0.15, 0.2) is 0 Å². The highest BCUT2D eigenvalue weighted by molar-refractivity contribution is 5.78. The molecule has 0 aliphatic carbocycles. The first-order valence-corrected chi connectivity index (χ1v) is 6.87. The van der Waals surface area contributed by atoms with Gasteiger partial charge < -0.3 is 20.1 Å². The molecule has 0 radical (unpaired) electrons. The summed E-state index contributed by atoms with van der Waals surface area (Å²) in [7, 11) is 0. The highest BCUT2D eigenvalue weighted by Gasteiger charge is 2.21. The number of piperidine rings is 1. The van der Waals surface area contributed by atoms with Crippen molar-refractivity contribution in [3.63, 3.8) is 0 Å². The zero-order valence-electron chi connectivity index (χ0n) is 11.7. The van der Waals surface area contributed by atoms with Gasteiger partial charge in [-0.15, -0.1) is 0 Å². The van der Waals surface area contributed by atoms with Crippen molar-refractivity contribution in [1.29, 1.82) is 0 Å². The van der Waals surface area contributed by atoms with Crippen molar-refractivity contribution >= 4 is 11.9 Å². The average molecular weight is 272 g/mol. The van der Waals surface area contributed by atoms with Gasteiger partial charge in [-0.3, -0.25) is 9.59 Å². The number of carboxylic acids is 1. The Morgan fingerprint density at radius 3 is 2.58 bits per heavy atom. The number of carbonyl (C=O) groups is 2. The van der Waals surface area contributed by atoms with Crippen LogP contribution in [0.1, 0.15) is 26.7 Å². The van der Waals surface area contributed by atoms with Crippen LogP contribution in [0.5, 0.6) is 0 Å². The first-order chi connectivity index (χ1) is 9.04. The third-order valence-electron chi connectivity index (χ3n) is 3.38. The quantitative estimate of drug-likeness (QED) is 0.698. The molecule has 2 N–H and O–H groups in total. The molecule has 1 unspecified atom stereocenters. The van der Waals surface area contributed by atoms with E-state index in [2.05, 4.69) is 5.32 Å². The van der Waals surface area contributed by atoms with Crippen LogP contribution in [0.3, 0.4) is 0 Å². The van der Waals surface area contributed by atoms with Gasteiger partial charge >= 0.3 is 5.97 Å². The van der Waals surface area contributed by atoms with Crippen molar-refractivity contribution in [3.05, 3.63) is 0 Å². The van der Waals surface area contributed by atoms with Crippen molar-refractivity contribution < 1.29 is 19.4 Å². The van der Waals surface area contributed by atoms with Gasteiger partial charge in [-0.05, 0) is 32.9 Å². The Hall–Kier alpha value is -1.14. The van der Waals surface area contributed by atoms with Crippen LogP contribution in [0.25, 0.3) is 0 Å². The third-order valence-corrected chi connectivity index (χ3v) is 3.38. The van der Waals surface area contributed by atoms with Gasteiger partial charge in [0.1, 0.15) is 6.61 Å². The zero-order chi connectivity index (χ0) is 14.3. The Kier molecular flexibility index (Phi) is 6.80. The molecule has 6 nitrogen and oxygen atoms in total. The molecule has 1 amide bonds. The van der Waals surface area contributed by atoms with Crippen molar-refractivity contribution in [1.82, 2.24) is 10.2 Å². The summed E-state index contributed by atoms with van der Waals surface area (Å²) < 4.78 is 5.59. The van der Waals surface area contributed by atoms with Crippen molar-refractivity contribution in [2.24, 2.45) is 5.92 Å². The molecule has 110 valence electrons. The van der Waals surface area contributed by atoms with Gasteiger partial charge in [0, 0.05) is 13.1 Å². The minimum absolute atomic E-state index is 0.0465. The molecule has 0 aromatic carbocycles. The average Bonchev–Trinajstić information content (AvgIpc) is 2.42. The fourth-order valence-electron chi connectivity index (χ4n) is 2.06. The first-order valence-electron chi connectivity index (χ1n) is 6.87. The number of hydrogen-bond donors (Lipinski definition) is 2. The number of carboxylic acid groups (broad SMARTS) is 1. The molecule has 1 saturated heterocycles. The molecular weight excluding hydrogens is 248 g/mol.